The van der Waals surface area contributed by atoms with Gasteiger partial charge in [-0.05, 0) is 56.0 Å². The Labute approximate surface area is 197 Å². The van der Waals surface area contributed by atoms with Crippen molar-refractivity contribution < 1.29 is 4.79 Å². The largest absolute Gasteiger partial charge is 0.399 e. The van der Waals surface area contributed by atoms with E-state index in [0.29, 0.717) is 28.5 Å². The summed E-state index contributed by atoms with van der Waals surface area (Å²) in [7, 11) is 0. The summed E-state index contributed by atoms with van der Waals surface area (Å²) < 4.78 is 0. The number of hydrogen-bond acceptors (Lipinski definition) is 6. The van der Waals surface area contributed by atoms with Gasteiger partial charge in [-0.2, -0.15) is 5.26 Å². The van der Waals surface area contributed by atoms with E-state index in [1.54, 1.807) is 30.5 Å². The van der Waals surface area contributed by atoms with E-state index < -0.39 is 0 Å². The number of para-hydroxylation sites is 1. The van der Waals surface area contributed by atoms with E-state index in [0.717, 1.165) is 42.1 Å². The van der Waals surface area contributed by atoms with Crippen molar-refractivity contribution in [3.8, 4) is 17.3 Å². The highest BCUT2D eigenvalue weighted by Gasteiger charge is 2.25. The molecule has 34 heavy (non-hydrogen) atoms. The molecule has 1 fully saturated rings. The van der Waals surface area contributed by atoms with Crippen LogP contribution in [-0.2, 0) is 0 Å². The number of nitrogens with one attached hydrogen (secondary N) is 3. The number of carbonyl (C=O) groups is 1. The number of aromatic amines is 1. The molecule has 5 rings (SSSR count). The van der Waals surface area contributed by atoms with Crippen molar-refractivity contribution in [1.82, 2.24) is 20.3 Å². The van der Waals surface area contributed by atoms with Crippen LogP contribution >= 0.6 is 0 Å². The van der Waals surface area contributed by atoms with E-state index in [4.69, 9.17) is 10.7 Å². The van der Waals surface area contributed by atoms with Crippen LogP contribution in [0.4, 0.5) is 11.6 Å². The second kappa shape index (κ2) is 9.24. The smallest absolute Gasteiger partial charge is 0.251 e. The Hall–Kier alpha value is -4.38. The highest BCUT2D eigenvalue weighted by Crippen LogP contribution is 2.30. The quantitative estimate of drug-likeness (QED) is 0.336. The van der Waals surface area contributed by atoms with Crippen LogP contribution in [0.2, 0.25) is 0 Å². The first-order chi connectivity index (χ1) is 16.6. The van der Waals surface area contributed by atoms with Gasteiger partial charge in [-0.25, -0.2) is 9.97 Å². The van der Waals surface area contributed by atoms with Crippen LogP contribution in [0.3, 0.4) is 0 Å². The maximum absolute atomic E-state index is 12.6. The number of carbonyl (C=O) groups excluding carboxylic acids is 1. The van der Waals surface area contributed by atoms with E-state index in [1.165, 1.54) is 0 Å². The van der Waals surface area contributed by atoms with Gasteiger partial charge >= 0.3 is 0 Å². The van der Waals surface area contributed by atoms with Crippen LogP contribution in [0.1, 0.15) is 41.6 Å². The number of hydrogen-bond donors (Lipinski definition) is 4. The highest BCUT2D eigenvalue weighted by atomic mass is 16.1. The maximum Gasteiger partial charge on any atom is 0.251 e. The van der Waals surface area contributed by atoms with Crippen LogP contribution in [0, 0.1) is 11.3 Å². The van der Waals surface area contributed by atoms with Gasteiger partial charge in [0.1, 0.15) is 6.07 Å². The van der Waals surface area contributed by atoms with Gasteiger partial charge in [-0.15, -0.1) is 0 Å². The molecule has 0 radical (unpaired) electrons. The fourth-order valence-electron chi connectivity index (χ4n) is 4.54. The number of fused-ring (bicyclic) bond motifs is 1. The molecule has 1 amide bonds. The summed E-state index contributed by atoms with van der Waals surface area (Å²) in [5.41, 5.74) is 9.83. The minimum atomic E-state index is -0.0955. The number of anilines is 2. The number of H-pyrrole nitrogens is 1. The lowest BCUT2D eigenvalue weighted by Gasteiger charge is -2.30. The Morgan fingerprint density at radius 1 is 1.12 bits per heavy atom. The SMILES string of the molecule is N#Cc1cnc(N[C@@H]2CCC[C@H](NC(=O)c3ccc(N)cc3)C2)nc1-c1c[nH]c2ccccc12. The molecule has 1 aliphatic carbocycles. The van der Waals surface area contributed by atoms with Gasteiger partial charge in [0.15, 0.2) is 0 Å². The van der Waals surface area contributed by atoms with Crippen molar-refractivity contribution in [3.05, 3.63) is 72.1 Å². The van der Waals surface area contributed by atoms with Gasteiger partial charge in [0.25, 0.3) is 5.91 Å². The molecule has 170 valence electrons. The summed E-state index contributed by atoms with van der Waals surface area (Å²) >= 11 is 0. The van der Waals surface area contributed by atoms with Gasteiger partial charge < -0.3 is 21.4 Å². The number of aromatic nitrogens is 3. The Morgan fingerprint density at radius 3 is 2.74 bits per heavy atom. The average Bonchev–Trinajstić information content (AvgIpc) is 3.29. The third kappa shape index (κ3) is 4.41. The molecule has 2 aromatic heterocycles. The zero-order chi connectivity index (χ0) is 23.5. The summed E-state index contributed by atoms with van der Waals surface area (Å²) in [6.07, 6.45) is 7.08. The van der Waals surface area contributed by atoms with Gasteiger partial charge in [0, 0.05) is 46.0 Å². The number of nitrogens with two attached hydrogens (primary N) is 1. The highest BCUT2D eigenvalue weighted by molar-refractivity contribution is 5.96. The Morgan fingerprint density at radius 2 is 1.91 bits per heavy atom. The van der Waals surface area contributed by atoms with Crippen molar-refractivity contribution >= 4 is 28.4 Å². The topological polar surface area (TPSA) is 133 Å². The van der Waals surface area contributed by atoms with Crippen LogP contribution in [0.15, 0.2) is 60.9 Å². The molecular formula is C26H25N7O. The molecule has 8 heteroatoms. The van der Waals surface area contributed by atoms with Crippen LogP contribution in [0.5, 0.6) is 0 Å². The first-order valence-electron chi connectivity index (χ1n) is 11.4. The standard InChI is InChI=1S/C26H25N7O/c27-13-17-14-30-26(33-24(17)22-15-29-23-7-2-1-6-21(22)23)32-20-5-3-4-19(12-20)31-25(34)16-8-10-18(28)11-9-16/h1-2,6-11,14-15,19-20,29H,3-5,12,28H2,(H,31,34)(H,30,32,33)/t19-,20+/m0/s1. The maximum atomic E-state index is 12.6. The third-order valence-corrected chi connectivity index (χ3v) is 6.27. The van der Waals surface area contributed by atoms with Gasteiger partial charge in [-0.1, -0.05) is 18.2 Å². The van der Waals surface area contributed by atoms with E-state index in [9.17, 15) is 10.1 Å². The Kier molecular flexibility index (Phi) is 5.83. The molecule has 0 spiro atoms. The monoisotopic (exact) mass is 451 g/mol. The predicted octanol–water partition coefficient (Wildman–Crippen LogP) is 4.23. The minimum Gasteiger partial charge on any atom is -0.399 e. The number of nitriles is 1. The molecule has 0 bridgehead atoms. The number of nitrogens with zero attached hydrogens (tertiary/aromatic N) is 3. The van der Waals surface area contributed by atoms with E-state index in [-0.39, 0.29) is 18.0 Å². The number of amides is 1. The van der Waals surface area contributed by atoms with Crippen LogP contribution < -0.4 is 16.4 Å². The van der Waals surface area contributed by atoms with E-state index in [2.05, 4.69) is 26.7 Å². The van der Waals surface area contributed by atoms with Crippen LogP contribution in [0.25, 0.3) is 22.2 Å². The van der Waals surface area contributed by atoms with Crippen molar-refractivity contribution in [2.24, 2.45) is 0 Å². The summed E-state index contributed by atoms with van der Waals surface area (Å²) in [4.78, 5) is 24.9. The van der Waals surface area contributed by atoms with Crippen LogP contribution in [-0.4, -0.2) is 32.9 Å². The first-order valence-corrected chi connectivity index (χ1v) is 11.4. The predicted molar refractivity (Wildman–Crippen MR) is 132 cm³/mol. The first kappa shape index (κ1) is 21.5. The fourth-order valence-corrected chi connectivity index (χ4v) is 4.54. The molecule has 8 nitrogen and oxygen atoms in total. The number of benzene rings is 2. The Bertz CT molecular complexity index is 1370. The van der Waals surface area contributed by atoms with Gasteiger partial charge in [-0.3, -0.25) is 4.79 Å². The lowest BCUT2D eigenvalue weighted by molar-refractivity contribution is 0.0926. The molecule has 0 aliphatic heterocycles. The van der Waals surface area contributed by atoms with E-state index >= 15 is 0 Å². The molecule has 0 saturated heterocycles. The summed E-state index contributed by atoms with van der Waals surface area (Å²) in [5, 5.41) is 17.2. The van der Waals surface area contributed by atoms with Gasteiger partial charge in [0.05, 0.1) is 17.5 Å². The lowest BCUT2D eigenvalue weighted by Crippen LogP contribution is -2.42. The molecule has 1 aliphatic rings. The lowest BCUT2D eigenvalue weighted by atomic mass is 9.91. The molecule has 4 aromatic rings. The summed E-state index contributed by atoms with van der Waals surface area (Å²) in [5.74, 6) is 0.386. The summed E-state index contributed by atoms with van der Waals surface area (Å²) in [6.45, 7) is 0. The van der Waals surface area contributed by atoms with Crippen molar-refractivity contribution in [2.45, 2.75) is 37.8 Å². The third-order valence-electron chi connectivity index (χ3n) is 6.27. The number of rotatable bonds is 5. The minimum absolute atomic E-state index is 0.0581. The molecular weight excluding hydrogens is 426 g/mol. The molecule has 5 N–H and O–H groups in total. The second-order valence-electron chi connectivity index (χ2n) is 8.62. The van der Waals surface area contributed by atoms with Crippen molar-refractivity contribution in [2.75, 3.05) is 11.1 Å². The van der Waals surface area contributed by atoms with E-state index in [1.807, 2.05) is 30.5 Å². The zero-order valence-corrected chi connectivity index (χ0v) is 18.6. The molecule has 2 heterocycles. The molecule has 2 aromatic carbocycles. The summed E-state index contributed by atoms with van der Waals surface area (Å²) in [6, 6.07) is 17.2. The number of nitrogen functional groups attached to an aromatic ring is 1. The second-order valence-corrected chi connectivity index (χ2v) is 8.62. The zero-order valence-electron chi connectivity index (χ0n) is 18.6. The average molecular weight is 452 g/mol. The molecule has 2 atom stereocenters. The fraction of sp³-hybridized carbons (Fsp3) is 0.231. The van der Waals surface area contributed by atoms with Crippen molar-refractivity contribution in [3.63, 3.8) is 0 Å². The molecule has 1 saturated carbocycles. The Balaban J connectivity index is 1.31. The molecule has 0 unspecified atom stereocenters. The van der Waals surface area contributed by atoms with Gasteiger partial charge in [0.2, 0.25) is 5.95 Å². The normalized spacial score (nSPS) is 17.7. The van der Waals surface area contributed by atoms with Crippen molar-refractivity contribution in [1.29, 1.82) is 5.26 Å².